The van der Waals surface area contributed by atoms with E-state index >= 15 is 0 Å². The number of hydrogen-bond donors (Lipinski definition) is 4. The van der Waals surface area contributed by atoms with Crippen LogP contribution in [0.2, 0.25) is 0 Å². The molecule has 0 bridgehead atoms. The lowest BCUT2D eigenvalue weighted by atomic mass is 9.85. The van der Waals surface area contributed by atoms with E-state index in [9.17, 15) is 39.6 Å². The third-order valence-corrected chi connectivity index (χ3v) is 5.40. The van der Waals surface area contributed by atoms with E-state index in [1.54, 1.807) is 26.8 Å². The summed E-state index contributed by atoms with van der Waals surface area (Å²) in [6.45, 7) is 5.33. The minimum absolute atomic E-state index is 0.188. The first-order chi connectivity index (χ1) is 15.4. The Labute approximate surface area is 188 Å². The van der Waals surface area contributed by atoms with Gasteiger partial charge in [0.2, 0.25) is 0 Å². The van der Waals surface area contributed by atoms with Crippen molar-refractivity contribution in [3.05, 3.63) is 81.4 Å². The Morgan fingerprint density at radius 1 is 0.485 bits per heavy atom. The zero-order chi connectivity index (χ0) is 24.6. The average Bonchev–Trinajstić information content (AvgIpc) is 2.72. The molecular weight excluding hydrogens is 428 g/mol. The highest BCUT2D eigenvalue weighted by molar-refractivity contribution is 5.99. The number of carbonyl (C=O) groups is 4. The van der Waals surface area contributed by atoms with Crippen molar-refractivity contribution in [1.29, 1.82) is 0 Å². The van der Waals surface area contributed by atoms with Crippen molar-refractivity contribution < 1.29 is 39.6 Å². The molecule has 3 aromatic rings. The molecule has 3 rings (SSSR count). The summed E-state index contributed by atoms with van der Waals surface area (Å²) in [7, 11) is 0. The number of rotatable bonds is 6. The second kappa shape index (κ2) is 8.58. The Hall–Kier alpha value is -4.46. The molecule has 0 aromatic heterocycles. The van der Waals surface area contributed by atoms with Crippen LogP contribution in [-0.4, -0.2) is 44.3 Å². The Bertz CT molecular complexity index is 1190. The first kappa shape index (κ1) is 23.2. The van der Waals surface area contributed by atoms with Crippen molar-refractivity contribution >= 4 is 23.9 Å². The van der Waals surface area contributed by atoms with E-state index in [1.807, 2.05) is 0 Å². The number of carboxylic acid groups (broad SMARTS) is 4. The predicted molar refractivity (Wildman–Crippen MR) is 119 cm³/mol. The van der Waals surface area contributed by atoms with Crippen LogP contribution >= 0.6 is 0 Å². The lowest BCUT2D eigenvalue weighted by molar-refractivity contribution is 0.0676. The number of hydrogen-bond acceptors (Lipinski definition) is 4. The number of benzene rings is 3. The molecule has 0 unspecified atom stereocenters. The molecule has 0 aliphatic heterocycles. The summed E-state index contributed by atoms with van der Waals surface area (Å²) < 4.78 is 0. The highest BCUT2D eigenvalue weighted by atomic mass is 16.4. The van der Waals surface area contributed by atoms with E-state index in [4.69, 9.17) is 0 Å². The van der Waals surface area contributed by atoms with Gasteiger partial charge in [-0.25, -0.2) is 19.2 Å². The average molecular weight is 448 g/mol. The second-order valence-electron chi connectivity index (χ2n) is 7.70. The van der Waals surface area contributed by atoms with Crippen molar-refractivity contribution in [3.8, 4) is 22.3 Å². The summed E-state index contributed by atoms with van der Waals surface area (Å²) in [6.07, 6.45) is 0. The number of aryl methyl sites for hydroxylation is 2. The van der Waals surface area contributed by atoms with Crippen molar-refractivity contribution in [1.82, 2.24) is 0 Å². The number of aromatic carboxylic acids is 4. The van der Waals surface area contributed by atoms with Gasteiger partial charge in [0.15, 0.2) is 0 Å². The van der Waals surface area contributed by atoms with Crippen LogP contribution in [0.4, 0.5) is 0 Å². The Kier molecular flexibility index (Phi) is 6.04. The molecule has 8 heteroatoms. The summed E-state index contributed by atoms with van der Waals surface area (Å²) in [5, 5.41) is 37.8. The van der Waals surface area contributed by atoms with Crippen LogP contribution < -0.4 is 0 Å². The maximum absolute atomic E-state index is 11.6. The van der Waals surface area contributed by atoms with E-state index < -0.39 is 23.9 Å². The number of carboxylic acids is 4. The lowest BCUT2D eigenvalue weighted by Gasteiger charge is -2.19. The molecule has 0 atom stereocenters. The van der Waals surface area contributed by atoms with Crippen LogP contribution in [0, 0.1) is 20.8 Å². The SMILES string of the molecule is Cc1cc(C)c(-c2cc(C(=O)O)cc(C(=O)O)c2)c(C)c1-c1cc(C(=O)O)cc(C(=O)O)c1. The zero-order valence-electron chi connectivity index (χ0n) is 18.0. The molecule has 33 heavy (non-hydrogen) atoms. The van der Waals surface area contributed by atoms with Crippen LogP contribution in [-0.2, 0) is 0 Å². The summed E-state index contributed by atoms with van der Waals surface area (Å²) in [4.78, 5) is 46.3. The molecule has 0 amide bonds. The monoisotopic (exact) mass is 448 g/mol. The molecule has 0 saturated heterocycles. The van der Waals surface area contributed by atoms with Gasteiger partial charge in [-0.1, -0.05) is 6.07 Å². The normalized spacial score (nSPS) is 10.6. The fourth-order valence-electron chi connectivity index (χ4n) is 4.11. The second-order valence-corrected chi connectivity index (χ2v) is 7.70. The Morgan fingerprint density at radius 3 is 1.00 bits per heavy atom. The van der Waals surface area contributed by atoms with Gasteiger partial charge in [0.25, 0.3) is 0 Å². The van der Waals surface area contributed by atoms with Gasteiger partial charge < -0.3 is 20.4 Å². The minimum Gasteiger partial charge on any atom is -0.478 e. The van der Waals surface area contributed by atoms with Crippen molar-refractivity contribution in [2.45, 2.75) is 20.8 Å². The van der Waals surface area contributed by atoms with Crippen molar-refractivity contribution in [2.75, 3.05) is 0 Å². The van der Waals surface area contributed by atoms with Gasteiger partial charge in [0, 0.05) is 0 Å². The first-order valence-electron chi connectivity index (χ1n) is 9.75. The zero-order valence-corrected chi connectivity index (χ0v) is 18.0. The summed E-state index contributed by atoms with van der Waals surface area (Å²) in [5.41, 5.74) is 3.29. The standard InChI is InChI=1S/C25H20O8/c1-11-4-12(2)21(15-7-18(24(30)31)10-19(8-15)25(32)33)13(3)20(11)14-5-16(22(26)27)9-17(6-14)23(28)29/h4-10H,1-3H3,(H,26,27)(H,28,29)(H,30,31)(H,32,33). The predicted octanol–water partition coefficient (Wildman–Crippen LogP) is 4.74. The van der Waals surface area contributed by atoms with E-state index in [0.717, 1.165) is 23.3 Å². The quantitative estimate of drug-likeness (QED) is 0.422. The Morgan fingerprint density at radius 2 is 0.758 bits per heavy atom. The maximum Gasteiger partial charge on any atom is 0.335 e. The molecule has 0 spiro atoms. The van der Waals surface area contributed by atoms with Gasteiger partial charge in [-0.15, -0.1) is 0 Å². The minimum atomic E-state index is -1.28. The first-order valence-corrected chi connectivity index (χ1v) is 9.75. The van der Waals surface area contributed by atoms with Gasteiger partial charge in [0.1, 0.15) is 0 Å². The van der Waals surface area contributed by atoms with Crippen LogP contribution in [0.1, 0.15) is 58.1 Å². The topological polar surface area (TPSA) is 149 Å². The molecule has 0 aliphatic rings. The highest BCUT2D eigenvalue weighted by Crippen LogP contribution is 2.38. The van der Waals surface area contributed by atoms with E-state index in [1.165, 1.54) is 24.3 Å². The van der Waals surface area contributed by atoms with Gasteiger partial charge in [-0.3, -0.25) is 0 Å². The molecule has 0 heterocycles. The molecule has 168 valence electrons. The summed E-state index contributed by atoms with van der Waals surface area (Å²) in [6, 6.07) is 9.45. The van der Waals surface area contributed by atoms with E-state index in [2.05, 4.69) is 0 Å². The molecule has 0 fully saturated rings. The lowest BCUT2D eigenvalue weighted by Crippen LogP contribution is -2.05. The fraction of sp³-hybridized carbons (Fsp3) is 0.120. The van der Waals surface area contributed by atoms with Gasteiger partial charge >= 0.3 is 23.9 Å². The molecule has 8 nitrogen and oxygen atoms in total. The molecule has 0 saturated carbocycles. The van der Waals surface area contributed by atoms with Crippen LogP contribution in [0.25, 0.3) is 22.3 Å². The fourth-order valence-corrected chi connectivity index (χ4v) is 4.11. The van der Waals surface area contributed by atoms with Crippen molar-refractivity contribution in [3.63, 3.8) is 0 Å². The van der Waals surface area contributed by atoms with Gasteiger partial charge in [-0.05, 0) is 96.1 Å². The van der Waals surface area contributed by atoms with Crippen LogP contribution in [0.5, 0.6) is 0 Å². The van der Waals surface area contributed by atoms with Crippen molar-refractivity contribution in [2.24, 2.45) is 0 Å². The molecular formula is C25H20O8. The summed E-state index contributed by atoms with van der Waals surface area (Å²) in [5.74, 6) is -5.10. The van der Waals surface area contributed by atoms with E-state index in [-0.39, 0.29) is 22.3 Å². The molecule has 0 aliphatic carbocycles. The van der Waals surface area contributed by atoms with Crippen LogP contribution in [0.15, 0.2) is 42.5 Å². The third-order valence-electron chi connectivity index (χ3n) is 5.40. The highest BCUT2D eigenvalue weighted by Gasteiger charge is 2.20. The molecule has 4 N–H and O–H groups in total. The van der Waals surface area contributed by atoms with Gasteiger partial charge in [0.05, 0.1) is 22.3 Å². The molecule has 3 aromatic carbocycles. The third kappa shape index (κ3) is 4.45. The maximum atomic E-state index is 11.6. The largest absolute Gasteiger partial charge is 0.478 e. The van der Waals surface area contributed by atoms with E-state index in [0.29, 0.717) is 27.8 Å². The summed E-state index contributed by atoms with van der Waals surface area (Å²) >= 11 is 0. The Balaban J connectivity index is 2.38. The smallest absolute Gasteiger partial charge is 0.335 e. The van der Waals surface area contributed by atoms with Gasteiger partial charge in [-0.2, -0.15) is 0 Å². The van der Waals surface area contributed by atoms with Crippen LogP contribution in [0.3, 0.4) is 0 Å². The molecule has 0 radical (unpaired) electrons.